The molecule has 0 saturated carbocycles. The largest absolute Gasteiger partial charge is 0.337 e. The third kappa shape index (κ3) is 2.34. The highest BCUT2D eigenvalue weighted by Gasteiger charge is 2.27. The van der Waals surface area contributed by atoms with Gasteiger partial charge in [0.05, 0.1) is 11.2 Å². The van der Waals surface area contributed by atoms with Crippen LogP contribution in [0.15, 0.2) is 41.5 Å². The van der Waals surface area contributed by atoms with Gasteiger partial charge in [0, 0.05) is 10.9 Å². The monoisotopic (exact) mass is 357 g/mol. The Balaban J connectivity index is 1.53. The molecule has 3 N–H and O–H groups in total. The number of aromatic amines is 1. The van der Waals surface area contributed by atoms with Gasteiger partial charge in [0.2, 0.25) is 0 Å². The number of hydrogen-bond acceptors (Lipinski definition) is 6. The van der Waals surface area contributed by atoms with Gasteiger partial charge in [0.15, 0.2) is 11.4 Å². The molecule has 2 aromatic carbocycles. The molecule has 8 nitrogen and oxygen atoms in total. The smallest absolute Gasteiger partial charge is 0.276 e. The van der Waals surface area contributed by atoms with E-state index in [-0.39, 0.29) is 11.9 Å². The Labute approximate surface area is 153 Å². The molecule has 0 aliphatic carbocycles. The molecule has 2 aromatic heterocycles. The summed E-state index contributed by atoms with van der Waals surface area (Å²) in [7, 11) is 0. The number of aryl methyl sites for hydroxylation is 2. The zero-order valence-corrected chi connectivity index (χ0v) is 14.7. The minimum Gasteiger partial charge on any atom is -0.337 e. The number of aromatic nitrogens is 4. The summed E-state index contributed by atoms with van der Waals surface area (Å²) in [4.78, 5) is 19.9. The Kier molecular flexibility index (Phi) is 3.20. The molecule has 0 unspecified atom stereocenters. The second-order valence-corrected chi connectivity index (χ2v) is 6.48. The molecule has 1 aliphatic heterocycles. The Morgan fingerprint density at radius 1 is 1.04 bits per heavy atom. The van der Waals surface area contributed by atoms with Crippen molar-refractivity contribution in [2.24, 2.45) is 5.10 Å². The van der Waals surface area contributed by atoms with Gasteiger partial charge in [-0.25, -0.2) is 5.43 Å². The molecular formula is C19H15N7O. The van der Waals surface area contributed by atoms with Gasteiger partial charge in [0.1, 0.15) is 5.52 Å². The normalized spacial score (nSPS) is 14.7. The average Bonchev–Trinajstić information content (AvgIpc) is 3.19. The predicted octanol–water partition coefficient (Wildman–Crippen LogP) is 2.89. The number of nitrogens with one attached hydrogen (secondary N) is 3. The van der Waals surface area contributed by atoms with E-state index in [2.05, 4.69) is 36.0 Å². The molecule has 4 aromatic rings. The first-order chi connectivity index (χ1) is 13.1. The van der Waals surface area contributed by atoms with Crippen LogP contribution >= 0.6 is 0 Å². The lowest BCUT2D eigenvalue weighted by atomic mass is 10.1. The van der Waals surface area contributed by atoms with Crippen LogP contribution in [0.25, 0.3) is 22.1 Å². The van der Waals surface area contributed by atoms with E-state index < -0.39 is 0 Å². The van der Waals surface area contributed by atoms with Gasteiger partial charge >= 0.3 is 0 Å². The summed E-state index contributed by atoms with van der Waals surface area (Å²) in [5.41, 5.74) is 8.97. The van der Waals surface area contributed by atoms with E-state index in [4.69, 9.17) is 0 Å². The van der Waals surface area contributed by atoms with E-state index in [0.717, 1.165) is 33.3 Å². The third-order valence-corrected chi connectivity index (χ3v) is 4.71. The molecule has 132 valence electrons. The summed E-state index contributed by atoms with van der Waals surface area (Å²) in [6.45, 7) is 3.96. The standard InChI is InChI=1S/C19H15N7O/c1-9-5-3-7-11-13(9)20-17-15(11)23-25-19(22-17)26-24-16-12-8-4-6-10(2)14(12)21-18(16)27/h3-8H,1-2H3,(H,21,24,27)(H2,20,22,25,26). The van der Waals surface area contributed by atoms with Crippen molar-refractivity contribution >= 4 is 45.3 Å². The molecule has 0 radical (unpaired) electrons. The predicted molar refractivity (Wildman–Crippen MR) is 104 cm³/mol. The molecule has 0 saturated heterocycles. The van der Waals surface area contributed by atoms with E-state index in [0.29, 0.717) is 16.9 Å². The summed E-state index contributed by atoms with van der Waals surface area (Å²) in [6, 6.07) is 11.7. The van der Waals surface area contributed by atoms with Crippen LogP contribution in [0, 0.1) is 13.8 Å². The average molecular weight is 357 g/mol. The van der Waals surface area contributed by atoms with Gasteiger partial charge in [-0.1, -0.05) is 36.4 Å². The Morgan fingerprint density at radius 2 is 1.85 bits per heavy atom. The minimum absolute atomic E-state index is 0.216. The van der Waals surface area contributed by atoms with Gasteiger partial charge in [-0.2, -0.15) is 10.1 Å². The Hall–Kier alpha value is -3.81. The number of carbonyl (C=O) groups excluding carboxylic acids is 1. The van der Waals surface area contributed by atoms with Crippen molar-refractivity contribution in [3.63, 3.8) is 0 Å². The summed E-state index contributed by atoms with van der Waals surface area (Å²) in [5.74, 6) is -0.0461. The summed E-state index contributed by atoms with van der Waals surface area (Å²) in [5, 5.41) is 16.4. The highest BCUT2D eigenvalue weighted by molar-refractivity contribution is 6.54. The van der Waals surface area contributed by atoms with Crippen LogP contribution in [0.4, 0.5) is 11.6 Å². The van der Waals surface area contributed by atoms with Crippen LogP contribution in [0.5, 0.6) is 0 Å². The molecule has 0 bridgehead atoms. The van der Waals surface area contributed by atoms with Gasteiger partial charge in [-0.3, -0.25) is 4.79 Å². The van der Waals surface area contributed by atoms with Crippen LogP contribution in [0.2, 0.25) is 0 Å². The summed E-state index contributed by atoms with van der Waals surface area (Å²) in [6.07, 6.45) is 0. The maximum atomic E-state index is 12.2. The molecule has 5 rings (SSSR count). The molecule has 0 fully saturated rings. The zero-order chi connectivity index (χ0) is 18.5. The van der Waals surface area contributed by atoms with Crippen molar-refractivity contribution in [1.82, 2.24) is 20.2 Å². The van der Waals surface area contributed by atoms with Crippen molar-refractivity contribution in [1.29, 1.82) is 0 Å². The fourth-order valence-corrected chi connectivity index (χ4v) is 3.33. The number of rotatable bonds is 2. The van der Waals surface area contributed by atoms with Crippen molar-refractivity contribution in [2.75, 3.05) is 10.7 Å². The van der Waals surface area contributed by atoms with E-state index in [9.17, 15) is 4.79 Å². The van der Waals surface area contributed by atoms with Gasteiger partial charge in [0.25, 0.3) is 11.9 Å². The third-order valence-electron chi connectivity index (χ3n) is 4.71. The lowest BCUT2D eigenvalue weighted by molar-refractivity contribution is -0.110. The fraction of sp³-hybridized carbons (Fsp3) is 0.105. The maximum Gasteiger partial charge on any atom is 0.276 e. The molecule has 3 heterocycles. The number of fused-ring (bicyclic) bond motifs is 4. The van der Waals surface area contributed by atoms with E-state index in [1.807, 2.05) is 50.2 Å². The molecule has 27 heavy (non-hydrogen) atoms. The first-order valence-electron chi connectivity index (χ1n) is 8.48. The van der Waals surface area contributed by atoms with Crippen LogP contribution in [-0.2, 0) is 4.79 Å². The van der Waals surface area contributed by atoms with Gasteiger partial charge in [-0.05, 0) is 25.0 Å². The quantitative estimate of drug-likeness (QED) is 0.478. The molecular weight excluding hydrogens is 342 g/mol. The number of anilines is 2. The van der Waals surface area contributed by atoms with Crippen LogP contribution in [0.1, 0.15) is 16.7 Å². The number of hydrazone groups is 1. The number of benzene rings is 2. The van der Waals surface area contributed by atoms with Crippen molar-refractivity contribution in [3.8, 4) is 0 Å². The Bertz CT molecular complexity index is 1270. The second kappa shape index (κ2) is 5.60. The zero-order valence-electron chi connectivity index (χ0n) is 14.7. The van der Waals surface area contributed by atoms with Crippen molar-refractivity contribution < 1.29 is 4.79 Å². The lowest BCUT2D eigenvalue weighted by Crippen LogP contribution is -2.16. The molecule has 0 atom stereocenters. The second-order valence-electron chi connectivity index (χ2n) is 6.48. The number of amides is 1. The highest BCUT2D eigenvalue weighted by Crippen LogP contribution is 2.27. The highest BCUT2D eigenvalue weighted by atomic mass is 16.2. The van der Waals surface area contributed by atoms with Crippen LogP contribution < -0.4 is 10.7 Å². The summed E-state index contributed by atoms with van der Waals surface area (Å²) < 4.78 is 0. The number of hydrogen-bond donors (Lipinski definition) is 3. The maximum absolute atomic E-state index is 12.2. The molecule has 8 heteroatoms. The molecule has 0 spiro atoms. The number of nitrogens with zero attached hydrogens (tertiary/aromatic N) is 4. The lowest BCUT2D eigenvalue weighted by Gasteiger charge is -2.01. The number of para-hydroxylation sites is 2. The first kappa shape index (κ1) is 15.4. The van der Waals surface area contributed by atoms with E-state index in [1.54, 1.807) is 0 Å². The van der Waals surface area contributed by atoms with Crippen molar-refractivity contribution in [3.05, 3.63) is 53.1 Å². The van der Waals surface area contributed by atoms with Crippen LogP contribution in [-0.4, -0.2) is 31.8 Å². The number of H-pyrrole nitrogens is 1. The van der Waals surface area contributed by atoms with Gasteiger partial charge in [-0.15, -0.1) is 10.2 Å². The Morgan fingerprint density at radius 3 is 2.74 bits per heavy atom. The van der Waals surface area contributed by atoms with Gasteiger partial charge < -0.3 is 10.3 Å². The topological polar surface area (TPSA) is 108 Å². The SMILES string of the molecule is Cc1cccc2c1NC(=O)/C2=N/Nc1nnc2c(n1)[nH]c1c(C)cccc12. The first-order valence-corrected chi connectivity index (χ1v) is 8.48. The van der Waals surface area contributed by atoms with E-state index in [1.165, 1.54) is 0 Å². The molecule has 1 amide bonds. The minimum atomic E-state index is -0.262. The van der Waals surface area contributed by atoms with Crippen LogP contribution in [0.3, 0.4) is 0 Å². The number of carbonyl (C=O) groups is 1. The summed E-state index contributed by atoms with van der Waals surface area (Å²) >= 11 is 0. The molecule has 1 aliphatic rings. The van der Waals surface area contributed by atoms with Crippen molar-refractivity contribution in [2.45, 2.75) is 13.8 Å². The fourth-order valence-electron chi connectivity index (χ4n) is 3.33. The van der Waals surface area contributed by atoms with E-state index >= 15 is 0 Å².